The second-order valence-corrected chi connectivity index (χ2v) is 7.68. The summed E-state index contributed by atoms with van der Waals surface area (Å²) in [6.07, 6.45) is 2.49. The summed E-state index contributed by atoms with van der Waals surface area (Å²) < 4.78 is 27.2. The van der Waals surface area contributed by atoms with Gasteiger partial charge in [-0.1, -0.05) is 17.3 Å². The Labute approximate surface area is 167 Å². The number of alkyl halides is 2. The Morgan fingerprint density at radius 2 is 2.00 bits per heavy atom. The van der Waals surface area contributed by atoms with Gasteiger partial charge in [-0.2, -0.15) is 0 Å². The van der Waals surface area contributed by atoms with E-state index in [1.165, 1.54) is 0 Å². The smallest absolute Gasteiger partial charge is 0.241 e. The Morgan fingerprint density at radius 3 is 2.69 bits per heavy atom. The number of benzene rings is 1. The number of nitrogens with zero attached hydrogens (tertiary/aromatic N) is 5. The van der Waals surface area contributed by atoms with Gasteiger partial charge < -0.3 is 0 Å². The van der Waals surface area contributed by atoms with Gasteiger partial charge in [0.15, 0.2) is 5.78 Å². The maximum atomic E-state index is 12.8. The topological polar surface area (TPSA) is 63.9 Å². The Kier molecular flexibility index (Phi) is 5.62. The molecule has 1 aliphatic heterocycles. The monoisotopic (exact) mass is 399 g/mol. The molecule has 6 nitrogen and oxygen atoms in total. The number of halogens is 2. The molecule has 0 aliphatic carbocycles. The fraction of sp³-hybridized carbons (Fsp3) is 0.429. The third kappa shape index (κ3) is 4.64. The molecule has 3 aromatic rings. The fourth-order valence-corrected chi connectivity index (χ4v) is 3.79. The first-order valence-electron chi connectivity index (χ1n) is 9.75. The third-order valence-electron chi connectivity index (χ3n) is 5.44. The van der Waals surface area contributed by atoms with Crippen LogP contribution in [0.15, 0.2) is 36.7 Å². The lowest BCUT2D eigenvalue weighted by Gasteiger charge is -2.30. The molecule has 0 atom stereocenters. The van der Waals surface area contributed by atoms with Crippen LogP contribution < -0.4 is 0 Å². The number of pyridine rings is 1. The Balaban J connectivity index is 1.42. The highest BCUT2D eigenvalue weighted by Crippen LogP contribution is 2.24. The molecule has 0 N–H and O–H groups in total. The van der Waals surface area contributed by atoms with E-state index >= 15 is 0 Å². The van der Waals surface area contributed by atoms with Crippen LogP contribution in [-0.2, 0) is 18.3 Å². The van der Waals surface area contributed by atoms with Crippen LogP contribution in [0.2, 0.25) is 0 Å². The van der Waals surface area contributed by atoms with E-state index in [1.807, 2.05) is 42.4 Å². The van der Waals surface area contributed by atoms with Crippen LogP contribution in [0.1, 0.15) is 18.5 Å². The van der Waals surface area contributed by atoms with Gasteiger partial charge in [0, 0.05) is 35.8 Å². The summed E-state index contributed by atoms with van der Waals surface area (Å²) in [5.74, 6) is -0.482. The minimum Gasteiger partial charge on any atom is -0.298 e. The van der Waals surface area contributed by atoms with Crippen molar-refractivity contribution in [3.05, 3.63) is 42.4 Å². The molecule has 29 heavy (non-hydrogen) atoms. The summed E-state index contributed by atoms with van der Waals surface area (Å²) in [6.45, 7) is 1.38. The van der Waals surface area contributed by atoms with Crippen LogP contribution in [0.25, 0.3) is 22.0 Å². The van der Waals surface area contributed by atoms with Crippen LogP contribution in [0.5, 0.6) is 0 Å². The second-order valence-electron chi connectivity index (χ2n) is 7.68. The highest BCUT2D eigenvalue weighted by molar-refractivity contribution is 5.88. The number of rotatable bonds is 6. The number of Topliss-reactive ketones (excluding diaryl/α,β-unsaturated/α-hetero) is 1. The zero-order chi connectivity index (χ0) is 20.4. The molecule has 0 bridgehead atoms. The van der Waals surface area contributed by atoms with E-state index in [4.69, 9.17) is 0 Å². The third-order valence-corrected chi connectivity index (χ3v) is 5.44. The van der Waals surface area contributed by atoms with E-state index in [0.29, 0.717) is 31.6 Å². The first kappa shape index (κ1) is 19.6. The fourth-order valence-electron chi connectivity index (χ4n) is 3.79. The molecule has 2 aromatic heterocycles. The summed E-state index contributed by atoms with van der Waals surface area (Å²) in [7, 11) is 1.82. The molecule has 4 rings (SSSR count). The number of ketones is 1. The number of hydrogen-bond acceptors (Lipinski definition) is 5. The largest absolute Gasteiger partial charge is 0.298 e. The van der Waals surface area contributed by atoms with Gasteiger partial charge in [-0.15, -0.1) is 5.10 Å². The van der Waals surface area contributed by atoms with Gasteiger partial charge in [-0.05, 0) is 43.5 Å². The Hall–Kier alpha value is -2.74. The second kappa shape index (κ2) is 8.32. The molecule has 1 aliphatic rings. The quantitative estimate of drug-likeness (QED) is 0.637. The highest BCUT2D eigenvalue weighted by Gasteiger charge is 2.26. The molecule has 0 saturated carbocycles. The lowest BCUT2D eigenvalue weighted by atomic mass is 9.97. The summed E-state index contributed by atoms with van der Waals surface area (Å²) >= 11 is 0. The number of aromatic nitrogens is 4. The molecule has 0 amide bonds. The van der Waals surface area contributed by atoms with E-state index in [0.717, 1.165) is 22.0 Å². The van der Waals surface area contributed by atoms with Gasteiger partial charge in [0.25, 0.3) is 0 Å². The average Bonchev–Trinajstić information content (AvgIpc) is 3.14. The van der Waals surface area contributed by atoms with Gasteiger partial charge in [0.2, 0.25) is 6.43 Å². The molecule has 1 aromatic carbocycles. The van der Waals surface area contributed by atoms with E-state index in [1.54, 1.807) is 10.9 Å². The van der Waals surface area contributed by atoms with Crippen LogP contribution in [-0.4, -0.2) is 56.7 Å². The molecule has 0 unspecified atom stereocenters. The van der Waals surface area contributed by atoms with E-state index < -0.39 is 12.3 Å². The lowest BCUT2D eigenvalue weighted by Crippen LogP contribution is -2.39. The van der Waals surface area contributed by atoms with Crippen molar-refractivity contribution in [1.29, 1.82) is 0 Å². The number of piperidine rings is 1. The standard InChI is InChI=1S/C21H23F2N5O/c1-27-13-20(25-26-27)15-2-3-16-11-24-18(9-17(16)8-15)10-19(29)12-28-6-4-14(5-7-28)21(22)23/h2-3,8-9,11,13-14,21H,4-7,10,12H2,1H3. The number of aryl methyl sites for hydroxylation is 1. The summed E-state index contributed by atoms with van der Waals surface area (Å²) in [4.78, 5) is 18.9. The SMILES string of the molecule is Cn1cc(-c2ccc3cnc(CC(=O)CN4CCC(C(F)F)CC4)cc3c2)nn1. The summed E-state index contributed by atoms with van der Waals surface area (Å²) in [6, 6.07) is 7.90. The number of carbonyl (C=O) groups is 1. The maximum absolute atomic E-state index is 12.8. The minimum atomic E-state index is -2.26. The predicted molar refractivity (Wildman–Crippen MR) is 106 cm³/mol. The van der Waals surface area contributed by atoms with Gasteiger partial charge in [0.05, 0.1) is 19.2 Å². The van der Waals surface area contributed by atoms with E-state index in [9.17, 15) is 13.6 Å². The van der Waals surface area contributed by atoms with Gasteiger partial charge in [-0.3, -0.25) is 19.4 Å². The molecule has 0 radical (unpaired) electrons. The number of hydrogen-bond donors (Lipinski definition) is 0. The average molecular weight is 399 g/mol. The first-order valence-corrected chi connectivity index (χ1v) is 9.75. The van der Waals surface area contributed by atoms with Crippen molar-refractivity contribution >= 4 is 16.6 Å². The van der Waals surface area contributed by atoms with Crippen LogP contribution in [0, 0.1) is 5.92 Å². The van der Waals surface area contributed by atoms with Gasteiger partial charge in [-0.25, -0.2) is 8.78 Å². The summed E-state index contributed by atoms with van der Waals surface area (Å²) in [5, 5.41) is 10.1. The maximum Gasteiger partial charge on any atom is 0.241 e. The predicted octanol–water partition coefficient (Wildman–Crippen LogP) is 3.12. The van der Waals surface area contributed by atoms with Crippen LogP contribution in [0.3, 0.4) is 0 Å². The summed E-state index contributed by atoms with van der Waals surface area (Å²) in [5.41, 5.74) is 2.45. The Morgan fingerprint density at radius 1 is 1.21 bits per heavy atom. The Bertz CT molecular complexity index is 1010. The molecular formula is C21H23F2N5O. The number of carbonyl (C=O) groups excluding carboxylic acids is 1. The van der Waals surface area contributed by atoms with Crippen molar-refractivity contribution in [3.8, 4) is 11.3 Å². The van der Waals surface area contributed by atoms with Crippen molar-refractivity contribution in [3.63, 3.8) is 0 Å². The normalized spacial score (nSPS) is 16.0. The number of fused-ring (bicyclic) bond motifs is 1. The molecule has 1 fully saturated rings. The molecule has 152 valence electrons. The van der Waals surface area contributed by atoms with Crippen molar-refractivity contribution in [2.24, 2.45) is 13.0 Å². The number of likely N-dealkylation sites (tertiary alicyclic amines) is 1. The first-order chi connectivity index (χ1) is 14.0. The van der Waals surface area contributed by atoms with Gasteiger partial charge >= 0.3 is 0 Å². The molecule has 1 saturated heterocycles. The molecule has 3 heterocycles. The van der Waals surface area contributed by atoms with Crippen molar-refractivity contribution in [2.75, 3.05) is 19.6 Å². The molecule has 0 spiro atoms. The van der Waals surface area contributed by atoms with Crippen molar-refractivity contribution in [1.82, 2.24) is 24.9 Å². The van der Waals surface area contributed by atoms with Crippen molar-refractivity contribution < 1.29 is 13.6 Å². The van der Waals surface area contributed by atoms with Crippen LogP contribution >= 0.6 is 0 Å². The zero-order valence-corrected chi connectivity index (χ0v) is 16.3. The zero-order valence-electron chi connectivity index (χ0n) is 16.3. The van der Waals surface area contributed by atoms with Gasteiger partial charge in [0.1, 0.15) is 5.69 Å². The highest BCUT2D eigenvalue weighted by atomic mass is 19.3. The van der Waals surface area contributed by atoms with Crippen molar-refractivity contribution in [2.45, 2.75) is 25.7 Å². The van der Waals surface area contributed by atoms with E-state index in [-0.39, 0.29) is 18.7 Å². The van der Waals surface area contributed by atoms with Crippen LogP contribution in [0.4, 0.5) is 8.78 Å². The van der Waals surface area contributed by atoms with E-state index in [2.05, 4.69) is 15.3 Å². The lowest BCUT2D eigenvalue weighted by molar-refractivity contribution is -0.120. The molecule has 8 heteroatoms. The minimum absolute atomic E-state index is 0.0532. The molecular weight excluding hydrogens is 376 g/mol.